The molecule has 5 nitrogen and oxygen atoms in total. The number of aromatic nitrogens is 2. The Morgan fingerprint density at radius 2 is 2.11 bits per heavy atom. The normalized spacial score (nSPS) is 16.9. The van der Waals surface area contributed by atoms with E-state index in [1.165, 1.54) is 0 Å². The van der Waals surface area contributed by atoms with Crippen LogP contribution in [0.2, 0.25) is 5.02 Å². The third kappa shape index (κ3) is 3.83. The lowest BCUT2D eigenvalue weighted by molar-refractivity contribution is -0.126. The topological polar surface area (TPSA) is 56.1 Å². The zero-order chi connectivity index (χ0) is 18.8. The van der Waals surface area contributed by atoms with E-state index in [-0.39, 0.29) is 17.9 Å². The van der Waals surface area contributed by atoms with E-state index in [1.54, 1.807) is 18.6 Å². The van der Waals surface area contributed by atoms with Crippen molar-refractivity contribution in [1.29, 1.82) is 0 Å². The number of benzene rings is 2. The first-order valence-corrected chi connectivity index (χ1v) is 9.28. The predicted octanol–water partition coefficient (Wildman–Crippen LogP) is 3.95. The van der Waals surface area contributed by atoms with Gasteiger partial charge in [0.25, 0.3) is 0 Å². The molecule has 0 spiro atoms. The Labute approximate surface area is 162 Å². The van der Waals surface area contributed by atoms with Crippen molar-refractivity contribution in [3.05, 3.63) is 77.3 Å². The molecule has 1 amide bonds. The average Bonchev–Trinajstić information content (AvgIpc) is 3.22. The van der Waals surface area contributed by atoms with Crippen LogP contribution in [0, 0.1) is 5.92 Å². The van der Waals surface area contributed by atoms with E-state index in [0.717, 1.165) is 22.6 Å². The molecule has 4 rings (SSSR count). The first-order valence-electron chi connectivity index (χ1n) is 8.90. The second-order valence-corrected chi connectivity index (χ2v) is 7.19. The third-order valence-corrected chi connectivity index (χ3v) is 5.09. The Morgan fingerprint density at radius 1 is 1.30 bits per heavy atom. The number of nitrogens with zero attached hydrogens (tertiary/aromatic N) is 2. The highest BCUT2D eigenvalue weighted by molar-refractivity contribution is 6.30. The summed E-state index contributed by atoms with van der Waals surface area (Å²) in [5.74, 6) is 0.585. The number of hydrogen-bond acceptors (Lipinski definition) is 3. The Bertz CT molecular complexity index is 939. The molecule has 2 atom stereocenters. The SMILES string of the molecule is C[C@H](NC(=O)[C@H]1COc2ccc(Cl)cc2C1)c1ccc(-n2ccnc2)cc1. The number of fused-ring (bicyclic) bond motifs is 1. The van der Waals surface area contributed by atoms with E-state index in [0.29, 0.717) is 18.1 Å². The number of imidazole rings is 1. The van der Waals surface area contributed by atoms with Gasteiger partial charge >= 0.3 is 0 Å². The number of halogens is 1. The summed E-state index contributed by atoms with van der Waals surface area (Å²) in [4.78, 5) is 16.7. The van der Waals surface area contributed by atoms with E-state index in [9.17, 15) is 4.79 Å². The Morgan fingerprint density at radius 3 is 2.85 bits per heavy atom. The monoisotopic (exact) mass is 381 g/mol. The van der Waals surface area contributed by atoms with E-state index in [2.05, 4.69) is 10.3 Å². The maximum atomic E-state index is 12.7. The second-order valence-electron chi connectivity index (χ2n) is 6.76. The highest BCUT2D eigenvalue weighted by atomic mass is 35.5. The molecular formula is C21H20ClN3O2. The molecule has 0 unspecified atom stereocenters. The van der Waals surface area contributed by atoms with Gasteiger partial charge in [0.2, 0.25) is 5.91 Å². The van der Waals surface area contributed by atoms with Gasteiger partial charge in [-0.25, -0.2) is 4.98 Å². The van der Waals surface area contributed by atoms with E-state index in [4.69, 9.17) is 16.3 Å². The van der Waals surface area contributed by atoms with Crippen LogP contribution >= 0.6 is 11.6 Å². The van der Waals surface area contributed by atoms with Gasteiger partial charge in [0.15, 0.2) is 0 Å². The number of amides is 1. The van der Waals surface area contributed by atoms with Gasteiger partial charge < -0.3 is 14.6 Å². The van der Waals surface area contributed by atoms with Crippen molar-refractivity contribution in [2.45, 2.75) is 19.4 Å². The Hall–Kier alpha value is -2.79. The molecule has 0 saturated heterocycles. The van der Waals surface area contributed by atoms with Gasteiger partial charge in [0, 0.05) is 23.1 Å². The summed E-state index contributed by atoms with van der Waals surface area (Å²) in [5.41, 5.74) is 3.06. The molecule has 0 radical (unpaired) electrons. The number of carbonyl (C=O) groups excluding carboxylic acids is 1. The predicted molar refractivity (Wildman–Crippen MR) is 104 cm³/mol. The number of ether oxygens (including phenoxy) is 1. The molecule has 0 fully saturated rings. The van der Waals surface area contributed by atoms with Gasteiger partial charge in [-0.3, -0.25) is 4.79 Å². The molecule has 6 heteroatoms. The van der Waals surface area contributed by atoms with Crippen LogP contribution in [-0.2, 0) is 11.2 Å². The van der Waals surface area contributed by atoms with Gasteiger partial charge in [0.1, 0.15) is 12.4 Å². The summed E-state index contributed by atoms with van der Waals surface area (Å²) in [6.45, 7) is 2.37. The lowest BCUT2D eigenvalue weighted by atomic mass is 9.95. The number of hydrogen-bond donors (Lipinski definition) is 1. The lowest BCUT2D eigenvalue weighted by Gasteiger charge is -2.26. The van der Waals surface area contributed by atoms with Crippen LogP contribution < -0.4 is 10.1 Å². The van der Waals surface area contributed by atoms with Gasteiger partial charge in [-0.05, 0) is 54.8 Å². The summed E-state index contributed by atoms with van der Waals surface area (Å²) in [6, 6.07) is 13.5. The summed E-state index contributed by atoms with van der Waals surface area (Å²) < 4.78 is 7.67. The number of carbonyl (C=O) groups is 1. The summed E-state index contributed by atoms with van der Waals surface area (Å²) in [5, 5.41) is 3.75. The highest BCUT2D eigenvalue weighted by Gasteiger charge is 2.27. The molecule has 1 aliphatic heterocycles. The van der Waals surface area contributed by atoms with Gasteiger partial charge in [-0.15, -0.1) is 0 Å². The van der Waals surface area contributed by atoms with Crippen LogP contribution in [0.1, 0.15) is 24.1 Å². The van der Waals surface area contributed by atoms with Crippen LogP contribution in [0.5, 0.6) is 5.75 Å². The van der Waals surface area contributed by atoms with Crippen molar-refractivity contribution < 1.29 is 9.53 Å². The minimum Gasteiger partial charge on any atom is -0.492 e. The van der Waals surface area contributed by atoms with Gasteiger partial charge in [-0.2, -0.15) is 0 Å². The minimum absolute atomic E-state index is 0.00758. The third-order valence-electron chi connectivity index (χ3n) is 4.85. The van der Waals surface area contributed by atoms with Crippen molar-refractivity contribution in [2.24, 2.45) is 5.92 Å². The molecule has 1 N–H and O–H groups in total. The number of rotatable bonds is 4. The molecule has 27 heavy (non-hydrogen) atoms. The number of nitrogens with one attached hydrogen (secondary N) is 1. The molecule has 138 valence electrons. The fraction of sp³-hybridized carbons (Fsp3) is 0.238. The van der Waals surface area contributed by atoms with Crippen molar-refractivity contribution in [1.82, 2.24) is 14.9 Å². The van der Waals surface area contributed by atoms with E-state index < -0.39 is 0 Å². The zero-order valence-corrected chi connectivity index (χ0v) is 15.7. The largest absolute Gasteiger partial charge is 0.492 e. The van der Waals surface area contributed by atoms with E-state index >= 15 is 0 Å². The Balaban J connectivity index is 1.40. The lowest BCUT2D eigenvalue weighted by Crippen LogP contribution is -2.38. The van der Waals surface area contributed by atoms with Crippen LogP contribution in [-0.4, -0.2) is 22.1 Å². The molecule has 2 heterocycles. The molecular weight excluding hydrogens is 362 g/mol. The molecule has 3 aromatic rings. The summed E-state index contributed by atoms with van der Waals surface area (Å²) >= 11 is 6.06. The van der Waals surface area contributed by atoms with Crippen LogP contribution in [0.3, 0.4) is 0 Å². The first kappa shape index (κ1) is 17.6. The molecule has 0 aliphatic carbocycles. The molecule has 1 aliphatic rings. The summed E-state index contributed by atoms with van der Waals surface area (Å²) in [6.07, 6.45) is 6.03. The fourth-order valence-electron chi connectivity index (χ4n) is 3.29. The highest BCUT2D eigenvalue weighted by Crippen LogP contribution is 2.30. The molecule has 0 bridgehead atoms. The van der Waals surface area contributed by atoms with Crippen molar-refractivity contribution in [3.8, 4) is 11.4 Å². The van der Waals surface area contributed by atoms with E-state index in [1.807, 2.05) is 54.1 Å². The Kier molecular flexibility index (Phi) is 4.86. The quantitative estimate of drug-likeness (QED) is 0.744. The molecule has 1 aromatic heterocycles. The molecule has 0 saturated carbocycles. The maximum absolute atomic E-state index is 12.7. The fourth-order valence-corrected chi connectivity index (χ4v) is 3.49. The smallest absolute Gasteiger partial charge is 0.227 e. The maximum Gasteiger partial charge on any atom is 0.227 e. The van der Waals surface area contributed by atoms with Crippen molar-refractivity contribution in [3.63, 3.8) is 0 Å². The zero-order valence-electron chi connectivity index (χ0n) is 14.9. The average molecular weight is 382 g/mol. The van der Waals surface area contributed by atoms with Crippen LogP contribution in [0.25, 0.3) is 5.69 Å². The van der Waals surface area contributed by atoms with Crippen molar-refractivity contribution >= 4 is 17.5 Å². The summed E-state index contributed by atoms with van der Waals surface area (Å²) in [7, 11) is 0. The second kappa shape index (κ2) is 7.45. The van der Waals surface area contributed by atoms with Gasteiger partial charge in [-0.1, -0.05) is 23.7 Å². The molecule has 2 aromatic carbocycles. The van der Waals surface area contributed by atoms with Crippen LogP contribution in [0.4, 0.5) is 0 Å². The van der Waals surface area contributed by atoms with Crippen molar-refractivity contribution in [2.75, 3.05) is 6.61 Å². The standard InChI is InChI=1S/C21H20ClN3O2/c1-14(15-2-5-19(6-3-15)25-9-8-23-13-25)24-21(26)17-10-16-11-18(22)4-7-20(16)27-12-17/h2-9,11,13-14,17H,10,12H2,1H3,(H,24,26)/t14-,17+/m0/s1. The minimum atomic E-state index is -0.219. The van der Waals surface area contributed by atoms with Gasteiger partial charge in [0.05, 0.1) is 18.3 Å². The van der Waals surface area contributed by atoms with Crippen LogP contribution in [0.15, 0.2) is 61.2 Å². The first-order chi connectivity index (χ1) is 13.1.